The van der Waals surface area contributed by atoms with E-state index in [1.165, 1.54) is 6.07 Å². The molecule has 0 spiro atoms. The minimum absolute atomic E-state index is 0.111. The van der Waals surface area contributed by atoms with E-state index in [0.29, 0.717) is 17.1 Å². The van der Waals surface area contributed by atoms with Crippen LogP contribution in [0.25, 0.3) is 10.9 Å². The summed E-state index contributed by atoms with van der Waals surface area (Å²) < 4.78 is 16.4. The van der Waals surface area contributed by atoms with Crippen LogP contribution in [0.5, 0.6) is 0 Å². The molecular formula is C22H29FN4O2. The molecule has 2 aromatic rings. The van der Waals surface area contributed by atoms with Gasteiger partial charge in [-0.15, -0.1) is 0 Å². The lowest BCUT2D eigenvalue weighted by atomic mass is 9.89. The first-order valence-electron chi connectivity index (χ1n) is 10.5. The highest BCUT2D eigenvalue weighted by Gasteiger charge is 2.32. The smallest absolute Gasteiger partial charge is 0.265 e. The number of aromatic nitrogens is 1. The zero-order valence-electron chi connectivity index (χ0n) is 17.2. The van der Waals surface area contributed by atoms with E-state index < -0.39 is 5.91 Å². The molecule has 2 N–H and O–H groups in total. The highest BCUT2D eigenvalue weighted by Crippen LogP contribution is 2.37. The topological polar surface area (TPSA) is 71.6 Å². The van der Waals surface area contributed by atoms with Gasteiger partial charge in [-0.1, -0.05) is 6.07 Å². The molecule has 6 nitrogen and oxygen atoms in total. The number of benzene rings is 1. The summed E-state index contributed by atoms with van der Waals surface area (Å²) in [6, 6.07) is 5.33. The van der Waals surface area contributed by atoms with Gasteiger partial charge >= 0.3 is 0 Å². The minimum atomic E-state index is -0.516. The zero-order chi connectivity index (χ0) is 20.7. The Hall–Kier alpha value is -2.41. The Labute approximate surface area is 170 Å². The van der Waals surface area contributed by atoms with Crippen LogP contribution in [0.2, 0.25) is 0 Å². The SMILES string of the molecule is CC(=O)N1CCN([C@H]2CCC[C@@H](n3c(C(N)=O)cc4c(F)ccc(C)c43)C2)CC1. The average Bonchev–Trinajstić information content (AvgIpc) is 3.13. The van der Waals surface area contributed by atoms with E-state index in [9.17, 15) is 14.0 Å². The van der Waals surface area contributed by atoms with Crippen molar-refractivity contribution in [1.29, 1.82) is 0 Å². The fourth-order valence-electron chi connectivity index (χ4n) is 5.15. The fraction of sp³-hybridized carbons (Fsp3) is 0.545. The molecule has 1 aliphatic carbocycles. The number of nitrogens with two attached hydrogens (primary N) is 1. The Morgan fingerprint density at radius 1 is 1.10 bits per heavy atom. The standard InChI is InChI=1S/C22H29FN4O2/c1-14-6-7-19(23)18-13-20(22(24)29)27(21(14)18)17-5-3-4-16(12-17)26-10-8-25(9-11-26)15(2)28/h6-7,13,16-17H,3-5,8-12H2,1-2H3,(H2,24,29)/t16-,17+/m0/s1. The van der Waals surface area contributed by atoms with E-state index in [0.717, 1.165) is 62.9 Å². The molecule has 2 atom stereocenters. The van der Waals surface area contributed by atoms with E-state index in [1.54, 1.807) is 19.1 Å². The maximum atomic E-state index is 14.5. The fourth-order valence-corrected chi connectivity index (χ4v) is 5.15. The van der Waals surface area contributed by atoms with Crippen LogP contribution in [0.15, 0.2) is 18.2 Å². The summed E-state index contributed by atoms with van der Waals surface area (Å²) in [5.74, 6) is -0.703. The maximum absolute atomic E-state index is 14.5. The van der Waals surface area contributed by atoms with Gasteiger partial charge in [0.2, 0.25) is 5.91 Å². The summed E-state index contributed by atoms with van der Waals surface area (Å²) in [5, 5.41) is 0.469. The number of carbonyl (C=O) groups is 2. The number of primary amides is 1. The van der Waals surface area contributed by atoms with Crippen molar-refractivity contribution >= 4 is 22.7 Å². The average molecular weight is 400 g/mol. The maximum Gasteiger partial charge on any atom is 0.265 e. The van der Waals surface area contributed by atoms with Crippen LogP contribution in [-0.2, 0) is 4.79 Å². The van der Waals surface area contributed by atoms with Crippen LogP contribution >= 0.6 is 0 Å². The molecule has 0 radical (unpaired) electrons. The van der Waals surface area contributed by atoms with Gasteiger partial charge < -0.3 is 15.2 Å². The Bertz CT molecular complexity index is 946. The number of carbonyl (C=O) groups excluding carboxylic acids is 2. The molecule has 29 heavy (non-hydrogen) atoms. The molecule has 7 heteroatoms. The van der Waals surface area contributed by atoms with E-state index in [4.69, 9.17) is 5.73 Å². The molecule has 2 heterocycles. The lowest BCUT2D eigenvalue weighted by Crippen LogP contribution is -2.52. The molecule has 156 valence electrons. The van der Waals surface area contributed by atoms with Crippen molar-refractivity contribution in [1.82, 2.24) is 14.4 Å². The Morgan fingerprint density at radius 2 is 1.79 bits per heavy atom. The first kappa shape index (κ1) is 19.9. The van der Waals surface area contributed by atoms with Gasteiger partial charge in [0, 0.05) is 50.6 Å². The lowest BCUT2D eigenvalue weighted by molar-refractivity contribution is -0.131. The van der Waals surface area contributed by atoms with E-state index >= 15 is 0 Å². The van der Waals surface area contributed by atoms with Crippen molar-refractivity contribution < 1.29 is 14.0 Å². The normalized spacial score (nSPS) is 23.5. The third kappa shape index (κ3) is 3.64. The van der Waals surface area contributed by atoms with E-state index in [1.807, 2.05) is 16.4 Å². The Morgan fingerprint density at radius 3 is 2.45 bits per heavy atom. The zero-order valence-corrected chi connectivity index (χ0v) is 17.2. The number of fused-ring (bicyclic) bond motifs is 1. The number of amides is 2. The molecule has 4 rings (SSSR count). The molecular weight excluding hydrogens is 371 g/mol. The van der Waals surface area contributed by atoms with Crippen molar-refractivity contribution in [2.24, 2.45) is 5.73 Å². The van der Waals surface area contributed by atoms with Gasteiger partial charge in [0.15, 0.2) is 0 Å². The third-order valence-electron chi connectivity index (χ3n) is 6.66. The molecule has 1 aromatic carbocycles. The molecule has 0 unspecified atom stereocenters. The number of rotatable bonds is 3. The number of halogens is 1. The summed E-state index contributed by atoms with van der Waals surface area (Å²) in [6.07, 6.45) is 4.01. The highest BCUT2D eigenvalue weighted by atomic mass is 19.1. The largest absolute Gasteiger partial charge is 0.364 e. The highest BCUT2D eigenvalue weighted by molar-refractivity contribution is 5.99. The van der Waals surface area contributed by atoms with Crippen molar-refractivity contribution in [2.75, 3.05) is 26.2 Å². The van der Waals surface area contributed by atoms with Gasteiger partial charge in [0.05, 0.1) is 5.52 Å². The van der Waals surface area contributed by atoms with Gasteiger partial charge in [0.25, 0.3) is 5.91 Å². The second-order valence-corrected chi connectivity index (χ2v) is 8.41. The van der Waals surface area contributed by atoms with Crippen molar-refractivity contribution in [3.8, 4) is 0 Å². The number of aryl methyl sites for hydroxylation is 1. The van der Waals surface area contributed by atoms with Crippen LogP contribution in [-0.4, -0.2) is 58.4 Å². The van der Waals surface area contributed by atoms with Crippen LogP contribution in [0.1, 0.15) is 54.7 Å². The number of piperazine rings is 1. The van der Waals surface area contributed by atoms with Crippen molar-refractivity contribution in [2.45, 2.75) is 51.6 Å². The van der Waals surface area contributed by atoms with E-state index in [2.05, 4.69) is 4.90 Å². The van der Waals surface area contributed by atoms with Crippen LogP contribution in [0.4, 0.5) is 4.39 Å². The summed E-state index contributed by atoms with van der Waals surface area (Å²) in [7, 11) is 0. The summed E-state index contributed by atoms with van der Waals surface area (Å²) in [5.41, 5.74) is 7.80. The molecule has 1 saturated heterocycles. The molecule has 1 saturated carbocycles. The molecule has 2 fully saturated rings. The first-order valence-corrected chi connectivity index (χ1v) is 10.5. The molecule has 0 bridgehead atoms. The van der Waals surface area contributed by atoms with Crippen molar-refractivity contribution in [3.63, 3.8) is 0 Å². The van der Waals surface area contributed by atoms with Gasteiger partial charge in [0.1, 0.15) is 11.5 Å². The monoisotopic (exact) mass is 400 g/mol. The summed E-state index contributed by atoms with van der Waals surface area (Å²) in [6.45, 7) is 6.85. The number of nitrogens with zero attached hydrogens (tertiary/aromatic N) is 3. The molecule has 2 amide bonds. The minimum Gasteiger partial charge on any atom is -0.364 e. The summed E-state index contributed by atoms with van der Waals surface area (Å²) >= 11 is 0. The van der Waals surface area contributed by atoms with Crippen LogP contribution in [0.3, 0.4) is 0 Å². The quantitative estimate of drug-likeness (QED) is 0.861. The lowest BCUT2D eigenvalue weighted by Gasteiger charge is -2.42. The molecule has 2 aliphatic rings. The third-order valence-corrected chi connectivity index (χ3v) is 6.66. The predicted octanol–water partition coefficient (Wildman–Crippen LogP) is 2.84. The second-order valence-electron chi connectivity index (χ2n) is 8.41. The van der Waals surface area contributed by atoms with Gasteiger partial charge in [-0.2, -0.15) is 0 Å². The second kappa shape index (κ2) is 7.78. The molecule has 1 aromatic heterocycles. The summed E-state index contributed by atoms with van der Waals surface area (Å²) in [4.78, 5) is 28.1. The number of hydrogen-bond donors (Lipinski definition) is 1. The van der Waals surface area contributed by atoms with E-state index in [-0.39, 0.29) is 17.8 Å². The van der Waals surface area contributed by atoms with Gasteiger partial charge in [-0.05, 0) is 50.3 Å². The van der Waals surface area contributed by atoms with Crippen LogP contribution in [0, 0.1) is 12.7 Å². The first-order chi connectivity index (χ1) is 13.9. The van der Waals surface area contributed by atoms with Crippen molar-refractivity contribution in [3.05, 3.63) is 35.3 Å². The van der Waals surface area contributed by atoms with Gasteiger partial charge in [-0.3, -0.25) is 14.5 Å². The van der Waals surface area contributed by atoms with Gasteiger partial charge in [-0.25, -0.2) is 4.39 Å². The number of hydrogen-bond acceptors (Lipinski definition) is 3. The van der Waals surface area contributed by atoms with Crippen LogP contribution < -0.4 is 5.73 Å². The molecule has 1 aliphatic heterocycles. The Kier molecular flexibility index (Phi) is 5.34. The Balaban J connectivity index is 1.63. The predicted molar refractivity (Wildman–Crippen MR) is 110 cm³/mol.